The van der Waals surface area contributed by atoms with Gasteiger partial charge in [-0.25, -0.2) is 5.01 Å². The first kappa shape index (κ1) is 10.9. The zero-order chi connectivity index (χ0) is 9.40. The predicted octanol–water partition coefficient (Wildman–Crippen LogP) is 1.04. The van der Waals surface area contributed by atoms with Gasteiger partial charge in [0.2, 0.25) is 5.96 Å². The monoisotopic (exact) mass is 170 g/mol. The molecule has 0 aromatic heterocycles. The Balaban J connectivity index is 3.85. The molecule has 0 fully saturated rings. The van der Waals surface area contributed by atoms with Crippen molar-refractivity contribution >= 4 is 12.2 Å². The number of hydrazone groups is 1. The minimum Gasteiger partial charge on any atom is -0.368 e. The molecule has 0 atom stereocenters. The molecular weight excluding hydrogens is 152 g/mol. The number of guanidine groups is 1. The van der Waals surface area contributed by atoms with E-state index in [2.05, 4.69) is 17.0 Å². The van der Waals surface area contributed by atoms with E-state index < -0.39 is 0 Å². The maximum atomic E-state index is 5.57. The van der Waals surface area contributed by atoms with Gasteiger partial charge in [-0.05, 0) is 13.3 Å². The largest absolute Gasteiger partial charge is 0.368 e. The fourth-order valence-corrected chi connectivity index (χ4v) is 0.633. The van der Waals surface area contributed by atoms with Gasteiger partial charge in [-0.1, -0.05) is 13.3 Å². The van der Waals surface area contributed by atoms with Crippen LogP contribution in [0.25, 0.3) is 0 Å². The van der Waals surface area contributed by atoms with Gasteiger partial charge in [-0.2, -0.15) is 5.10 Å². The van der Waals surface area contributed by atoms with Gasteiger partial charge in [0.1, 0.15) is 0 Å². The Morgan fingerprint density at radius 3 is 2.67 bits per heavy atom. The summed E-state index contributed by atoms with van der Waals surface area (Å²) in [6.07, 6.45) is 3.92. The highest BCUT2D eigenvalue weighted by Crippen LogP contribution is 1.86. The van der Waals surface area contributed by atoms with Crippen LogP contribution in [-0.4, -0.2) is 30.8 Å². The Kier molecular flexibility index (Phi) is 6.05. The second-order valence-electron chi connectivity index (χ2n) is 2.44. The molecule has 0 aliphatic heterocycles. The van der Waals surface area contributed by atoms with E-state index in [-0.39, 0.29) is 0 Å². The van der Waals surface area contributed by atoms with Gasteiger partial charge in [-0.3, -0.25) is 4.99 Å². The highest BCUT2D eigenvalue weighted by Gasteiger charge is 1.94. The van der Waals surface area contributed by atoms with Gasteiger partial charge >= 0.3 is 0 Å². The number of nitrogens with two attached hydrogens (primary N) is 1. The summed E-state index contributed by atoms with van der Waals surface area (Å²) in [6, 6.07) is 0. The summed E-state index contributed by atoms with van der Waals surface area (Å²) in [5, 5.41) is 5.67. The van der Waals surface area contributed by atoms with E-state index in [1.807, 2.05) is 13.1 Å². The van der Waals surface area contributed by atoms with Crippen molar-refractivity contribution in [1.82, 2.24) is 5.01 Å². The molecule has 12 heavy (non-hydrogen) atoms. The Morgan fingerprint density at radius 1 is 1.50 bits per heavy atom. The first-order valence-corrected chi connectivity index (χ1v) is 4.28. The van der Waals surface area contributed by atoms with Crippen molar-refractivity contribution in [3.63, 3.8) is 0 Å². The van der Waals surface area contributed by atoms with Gasteiger partial charge < -0.3 is 5.73 Å². The van der Waals surface area contributed by atoms with Crippen LogP contribution in [0.3, 0.4) is 0 Å². The molecule has 0 aliphatic rings. The van der Waals surface area contributed by atoms with Crippen molar-refractivity contribution in [3.8, 4) is 0 Å². The van der Waals surface area contributed by atoms with E-state index in [0.29, 0.717) is 12.5 Å². The second kappa shape index (κ2) is 6.64. The molecule has 0 spiro atoms. The van der Waals surface area contributed by atoms with Gasteiger partial charge in [-0.15, -0.1) is 0 Å². The summed E-state index contributed by atoms with van der Waals surface area (Å²) >= 11 is 0. The topological polar surface area (TPSA) is 54.0 Å². The van der Waals surface area contributed by atoms with E-state index in [4.69, 9.17) is 5.73 Å². The predicted molar refractivity (Wildman–Crippen MR) is 53.3 cm³/mol. The molecule has 0 aromatic rings. The Bertz CT molecular complexity index is 162. The Hall–Kier alpha value is -1.06. The zero-order valence-electron chi connectivity index (χ0n) is 8.12. The molecule has 4 nitrogen and oxygen atoms in total. The lowest BCUT2D eigenvalue weighted by Gasteiger charge is -2.10. The van der Waals surface area contributed by atoms with Crippen LogP contribution in [0.2, 0.25) is 0 Å². The van der Waals surface area contributed by atoms with Gasteiger partial charge in [0.05, 0.1) is 0 Å². The molecule has 70 valence electrons. The Morgan fingerprint density at radius 2 is 2.17 bits per heavy atom. The van der Waals surface area contributed by atoms with Gasteiger partial charge in [0, 0.05) is 19.8 Å². The minimum absolute atomic E-state index is 0.463. The second-order valence-corrected chi connectivity index (χ2v) is 2.44. The quantitative estimate of drug-likeness (QED) is 0.389. The molecule has 0 saturated heterocycles. The fourth-order valence-electron chi connectivity index (χ4n) is 0.633. The average molecular weight is 170 g/mol. The summed E-state index contributed by atoms with van der Waals surface area (Å²) in [4.78, 5) is 4.01. The number of hydrogen-bond acceptors (Lipinski definition) is 2. The summed E-state index contributed by atoms with van der Waals surface area (Å²) in [6.45, 7) is 4.74. The van der Waals surface area contributed by atoms with Crippen LogP contribution in [0.15, 0.2) is 10.1 Å². The van der Waals surface area contributed by atoms with Crippen LogP contribution in [0.5, 0.6) is 0 Å². The maximum absolute atomic E-state index is 5.57. The molecule has 4 heteroatoms. The third-order valence-corrected chi connectivity index (χ3v) is 1.32. The van der Waals surface area contributed by atoms with E-state index in [1.54, 1.807) is 12.1 Å². The lowest BCUT2D eigenvalue weighted by molar-refractivity contribution is 0.535. The molecule has 0 radical (unpaired) electrons. The SMILES string of the molecule is CCC/C=N\N(C)C(N)=NCC. The number of hydrogen-bond donors (Lipinski definition) is 1. The molecule has 0 rings (SSSR count). The zero-order valence-corrected chi connectivity index (χ0v) is 8.12. The summed E-state index contributed by atoms with van der Waals surface area (Å²) in [5.74, 6) is 0.463. The molecule has 0 amide bonds. The molecule has 0 saturated carbocycles. The van der Waals surface area contributed by atoms with Crippen molar-refractivity contribution in [3.05, 3.63) is 0 Å². The van der Waals surface area contributed by atoms with Crippen molar-refractivity contribution in [2.45, 2.75) is 26.7 Å². The number of unbranched alkanes of at least 4 members (excludes halogenated alkanes) is 1. The van der Waals surface area contributed by atoms with Crippen molar-refractivity contribution in [1.29, 1.82) is 0 Å². The van der Waals surface area contributed by atoms with Crippen LogP contribution in [0.4, 0.5) is 0 Å². The van der Waals surface area contributed by atoms with Crippen LogP contribution < -0.4 is 5.73 Å². The number of rotatable bonds is 4. The molecule has 0 aliphatic carbocycles. The molecule has 0 aromatic carbocycles. The summed E-state index contributed by atoms with van der Waals surface area (Å²) < 4.78 is 0. The van der Waals surface area contributed by atoms with Crippen LogP contribution in [0, 0.1) is 0 Å². The van der Waals surface area contributed by atoms with Crippen LogP contribution >= 0.6 is 0 Å². The van der Waals surface area contributed by atoms with Gasteiger partial charge in [0.25, 0.3) is 0 Å². The standard InChI is InChI=1S/C8H18N4/c1-4-6-7-11-12(3)8(9)10-5-2/h7H,4-6H2,1-3H3,(H2,9,10)/b11-7-. The summed E-state index contributed by atoms with van der Waals surface area (Å²) in [7, 11) is 1.79. The fraction of sp³-hybridized carbons (Fsp3) is 0.750. The highest BCUT2D eigenvalue weighted by molar-refractivity contribution is 5.78. The first-order valence-electron chi connectivity index (χ1n) is 4.28. The Labute approximate surface area is 74.2 Å². The third kappa shape index (κ3) is 4.71. The van der Waals surface area contributed by atoms with Crippen LogP contribution in [0.1, 0.15) is 26.7 Å². The van der Waals surface area contributed by atoms with Crippen LogP contribution in [-0.2, 0) is 0 Å². The lowest BCUT2D eigenvalue weighted by atomic mass is 10.4. The molecule has 0 unspecified atom stereocenters. The molecule has 2 N–H and O–H groups in total. The van der Waals surface area contributed by atoms with Crippen molar-refractivity contribution in [2.24, 2.45) is 15.8 Å². The van der Waals surface area contributed by atoms with Crippen molar-refractivity contribution in [2.75, 3.05) is 13.6 Å². The average Bonchev–Trinajstić information content (AvgIpc) is 2.05. The highest BCUT2D eigenvalue weighted by atomic mass is 15.5. The first-order chi connectivity index (χ1) is 5.72. The van der Waals surface area contributed by atoms with E-state index in [9.17, 15) is 0 Å². The number of nitrogens with zero attached hydrogens (tertiary/aromatic N) is 3. The number of aliphatic imine (C=N–C) groups is 1. The third-order valence-electron chi connectivity index (χ3n) is 1.32. The van der Waals surface area contributed by atoms with Gasteiger partial charge in [0.15, 0.2) is 0 Å². The molecule has 0 heterocycles. The lowest BCUT2D eigenvalue weighted by Crippen LogP contribution is -2.29. The molecular formula is C8H18N4. The summed E-state index contributed by atoms with van der Waals surface area (Å²) in [5.41, 5.74) is 5.57. The molecule has 0 bridgehead atoms. The minimum atomic E-state index is 0.463. The normalized spacial score (nSPS) is 12.4. The van der Waals surface area contributed by atoms with E-state index >= 15 is 0 Å². The smallest absolute Gasteiger partial charge is 0.211 e. The maximum Gasteiger partial charge on any atom is 0.211 e. The van der Waals surface area contributed by atoms with E-state index in [1.165, 1.54) is 0 Å². The van der Waals surface area contributed by atoms with E-state index in [0.717, 1.165) is 12.8 Å². The van der Waals surface area contributed by atoms with Crippen molar-refractivity contribution < 1.29 is 0 Å².